The van der Waals surface area contributed by atoms with Gasteiger partial charge in [0, 0.05) is 55.0 Å². The molecule has 5 fully saturated rings. The summed E-state index contributed by atoms with van der Waals surface area (Å²) in [6.07, 6.45) is 3.79. The summed E-state index contributed by atoms with van der Waals surface area (Å²) in [4.78, 5) is 36.3. The van der Waals surface area contributed by atoms with E-state index in [0.717, 1.165) is 48.1 Å². The average Bonchev–Trinajstić information content (AvgIpc) is 3.82. The van der Waals surface area contributed by atoms with Gasteiger partial charge in [-0.1, -0.05) is 69.3 Å². The number of amides is 2. The van der Waals surface area contributed by atoms with Crippen molar-refractivity contribution in [3.8, 4) is 16.9 Å². The van der Waals surface area contributed by atoms with E-state index in [1.54, 1.807) is 19.1 Å². The number of anilines is 1. The normalized spacial score (nSPS) is 30.0. The summed E-state index contributed by atoms with van der Waals surface area (Å²) in [5.74, 6) is 2.09. The van der Waals surface area contributed by atoms with E-state index in [0.29, 0.717) is 47.4 Å². The molecule has 4 saturated carbocycles. The first-order valence-corrected chi connectivity index (χ1v) is 20.6. The predicted octanol–water partition coefficient (Wildman–Crippen LogP) is 6.40. The number of rotatable bonds is 13. The second-order valence-electron chi connectivity index (χ2n) is 17.9. The molecule has 56 heavy (non-hydrogen) atoms. The van der Waals surface area contributed by atoms with Gasteiger partial charge < -0.3 is 30.5 Å². The molecule has 10 atom stereocenters. The van der Waals surface area contributed by atoms with Crippen molar-refractivity contribution < 1.29 is 29.4 Å². The van der Waals surface area contributed by atoms with E-state index in [1.165, 1.54) is 12.0 Å². The third kappa shape index (κ3) is 7.82. The second-order valence-corrected chi connectivity index (χ2v) is 17.9. The highest BCUT2D eigenvalue weighted by Crippen LogP contribution is 2.61. The Bertz CT molecular complexity index is 1870. The SMILES string of the molecule is COc1c(CN2O[C@@H](CO)[C@H]([C@H](C)O)[C@H]2C(=O)N[C@H]2C[C@H]3C[C@@H]([C@@H]2C)C3(C)C)cccc1-c1cc(C(=O)NC[C@H]2CC[C@H](c3ccccc3)C2)cc(N(C)C)c1. The zero-order chi connectivity index (χ0) is 39.9. The summed E-state index contributed by atoms with van der Waals surface area (Å²) < 4.78 is 6.10. The summed E-state index contributed by atoms with van der Waals surface area (Å²) in [5.41, 5.74) is 5.51. The lowest BCUT2D eigenvalue weighted by Gasteiger charge is -2.62. The summed E-state index contributed by atoms with van der Waals surface area (Å²) in [7, 11) is 5.54. The first-order valence-electron chi connectivity index (χ1n) is 20.6. The van der Waals surface area contributed by atoms with E-state index >= 15 is 0 Å². The smallest absolute Gasteiger partial charge is 0.251 e. The number of hydrogen-bond acceptors (Lipinski definition) is 8. The van der Waals surface area contributed by atoms with E-state index in [2.05, 4.69) is 61.7 Å². The van der Waals surface area contributed by atoms with Crippen molar-refractivity contribution in [3.05, 3.63) is 83.4 Å². The number of fused-ring (bicyclic) bond motifs is 2. The van der Waals surface area contributed by atoms with Crippen LogP contribution in [0.1, 0.15) is 87.2 Å². The Kier molecular flexibility index (Phi) is 11.8. The molecule has 2 bridgehead atoms. The van der Waals surface area contributed by atoms with Gasteiger partial charge in [-0.05, 0) is 103 Å². The van der Waals surface area contributed by atoms with E-state index in [4.69, 9.17) is 9.57 Å². The van der Waals surface area contributed by atoms with Gasteiger partial charge in [-0.15, -0.1) is 0 Å². The standard InChI is InChI=1S/C46H62N4O6/c1-27-38-22-35(46(38,3)4)23-39(27)48-45(54)42-41(28(2)52)40(26-51)56-50(42)25-32-14-11-15-37(43(32)55-7)33-19-34(21-36(20-33)49(5)6)44(53)47-24-29-16-17-31(18-29)30-12-9-8-10-13-30/h8-15,19-21,27-29,31,35,38-42,51-52H,16-18,22-26H2,1-7H3,(H,47,53)(H,48,54)/t27-,28-,29-,31-,35+,38-,39-,40-,41-,42-/m0/s1. The van der Waals surface area contributed by atoms with E-state index in [9.17, 15) is 19.8 Å². The average molecular weight is 767 g/mol. The van der Waals surface area contributed by atoms with Crippen molar-refractivity contribution in [3.63, 3.8) is 0 Å². The van der Waals surface area contributed by atoms with Crippen LogP contribution in [0, 0.1) is 35.0 Å². The third-order valence-electron chi connectivity index (χ3n) is 14.1. The Balaban J connectivity index is 1.11. The van der Waals surface area contributed by atoms with Crippen molar-refractivity contribution in [2.75, 3.05) is 39.3 Å². The minimum atomic E-state index is -0.894. The molecule has 8 rings (SSSR count). The fourth-order valence-electron chi connectivity index (χ4n) is 10.6. The van der Waals surface area contributed by atoms with Crippen LogP contribution in [0.5, 0.6) is 5.75 Å². The number of hydrogen-bond donors (Lipinski definition) is 4. The number of aliphatic hydroxyl groups is 2. The van der Waals surface area contributed by atoms with Gasteiger partial charge in [-0.2, -0.15) is 5.06 Å². The first-order chi connectivity index (χ1) is 26.8. The van der Waals surface area contributed by atoms with Gasteiger partial charge in [0.05, 0.1) is 26.4 Å². The number of benzene rings is 3. The Hall–Kier alpha value is -3.96. The Morgan fingerprint density at radius 2 is 1.80 bits per heavy atom. The third-order valence-corrected chi connectivity index (χ3v) is 14.1. The number of carbonyl (C=O) groups is 2. The number of nitrogens with zero attached hydrogens (tertiary/aromatic N) is 2. The summed E-state index contributed by atoms with van der Waals surface area (Å²) in [6.45, 7) is 9.06. The maximum Gasteiger partial charge on any atom is 0.251 e. The summed E-state index contributed by atoms with van der Waals surface area (Å²) in [5, 5.41) is 29.6. The number of para-hydroxylation sites is 1. The molecular weight excluding hydrogens is 705 g/mol. The molecule has 10 heteroatoms. The molecule has 1 saturated heterocycles. The van der Waals surface area contributed by atoms with Gasteiger partial charge in [0.15, 0.2) is 0 Å². The van der Waals surface area contributed by atoms with Gasteiger partial charge in [0.1, 0.15) is 17.9 Å². The molecule has 4 aliphatic carbocycles. The Morgan fingerprint density at radius 1 is 1.04 bits per heavy atom. The van der Waals surface area contributed by atoms with Crippen LogP contribution in [-0.4, -0.2) is 85.7 Å². The number of aliphatic hydroxyl groups excluding tert-OH is 2. The minimum Gasteiger partial charge on any atom is -0.496 e. The fraction of sp³-hybridized carbons (Fsp3) is 0.565. The molecule has 3 aromatic rings. The molecule has 302 valence electrons. The fourth-order valence-corrected chi connectivity index (χ4v) is 10.6. The van der Waals surface area contributed by atoms with Crippen molar-refractivity contribution in [1.82, 2.24) is 15.7 Å². The number of methoxy groups -OCH3 is 1. The van der Waals surface area contributed by atoms with Gasteiger partial charge in [0.25, 0.3) is 5.91 Å². The molecule has 2 amide bonds. The maximum absolute atomic E-state index is 14.3. The molecule has 4 N–H and O–H groups in total. The Labute approximate surface area is 332 Å². The van der Waals surface area contributed by atoms with Crippen molar-refractivity contribution >= 4 is 17.5 Å². The molecule has 1 aliphatic heterocycles. The number of nitrogens with one attached hydrogen (secondary N) is 2. The van der Waals surface area contributed by atoms with Crippen molar-refractivity contribution in [1.29, 1.82) is 0 Å². The van der Waals surface area contributed by atoms with Crippen molar-refractivity contribution in [2.45, 2.75) is 96.6 Å². The first kappa shape index (κ1) is 40.2. The molecule has 1 heterocycles. The van der Waals surface area contributed by atoms with Crippen LogP contribution < -0.4 is 20.3 Å². The van der Waals surface area contributed by atoms with E-state index in [1.807, 2.05) is 55.4 Å². The van der Waals surface area contributed by atoms with Crippen LogP contribution in [0.3, 0.4) is 0 Å². The van der Waals surface area contributed by atoms with Crippen LogP contribution in [0.25, 0.3) is 11.1 Å². The molecule has 10 nitrogen and oxygen atoms in total. The number of ether oxygens (including phenoxy) is 1. The zero-order valence-electron chi connectivity index (χ0n) is 34.2. The summed E-state index contributed by atoms with van der Waals surface area (Å²) >= 11 is 0. The van der Waals surface area contributed by atoms with Crippen LogP contribution in [0.15, 0.2) is 66.7 Å². The molecule has 3 aromatic carbocycles. The topological polar surface area (TPSA) is 124 Å². The molecular formula is C46H62N4O6. The molecule has 0 radical (unpaired) electrons. The molecule has 0 aromatic heterocycles. The van der Waals surface area contributed by atoms with Crippen LogP contribution >= 0.6 is 0 Å². The van der Waals surface area contributed by atoms with E-state index in [-0.39, 0.29) is 36.4 Å². The molecule has 5 aliphatic rings. The molecule has 0 unspecified atom stereocenters. The zero-order valence-corrected chi connectivity index (χ0v) is 34.2. The summed E-state index contributed by atoms with van der Waals surface area (Å²) in [6, 6.07) is 21.6. The highest BCUT2D eigenvalue weighted by atomic mass is 16.7. The van der Waals surface area contributed by atoms with E-state index < -0.39 is 24.2 Å². The number of carbonyl (C=O) groups excluding carboxylic acids is 2. The molecule has 0 spiro atoms. The highest BCUT2D eigenvalue weighted by Gasteiger charge is 2.57. The quantitative estimate of drug-likeness (QED) is 0.158. The van der Waals surface area contributed by atoms with Crippen molar-refractivity contribution in [2.24, 2.45) is 35.0 Å². The van der Waals surface area contributed by atoms with Gasteiger partial charge in [-0.25, -0.2) is 0 Å². The second kappa shape index (κ2) is 16.5. The maximum atomic E-state index is 14.3. The van der Waals surface area contributed by atoms with Crippen LogP contribution in [0.2, 0.25) is 0 Å². The predicted molar refractivity (Wildman–Crippen MR) is 219 cm³/mol. The van der Waals surface area contributed by atoms with Crippen LogP contribution in [0.4, 0.5) is 5.69 Å². The number of hydroxylamine groups is 2. The Morgan fingerprint density at radius 3 is 2.46 bits per heavy atom. The lowest BCUT2D eigenvalue weighted by atomic mass is 9.45. The largest absolute Gasteiger partial charge is 0.496 e. The lowest BCUT2D eigenvalue weighted by molar-refractivity contribution is -0.183. The van der Waals surface area contributed by atoms with Gasteiger partial charge in [0.2, 0.25) is 5.91 Å². The monoisotopic (exact) mass is 766 g/mol. The van der Waals surface area contributed by atoms with Crippen LogP contribution in [-0.2, 0) is 16.2 Å². The lowest BCUT2D eigenvalue weighted by Crippen LogP contribution is -2.62. The van der Waals surface area contributed by atoms with Gasteiger partial charge in [-0.3, -0.25) is 14.4 Å². The van der Waals surface area contributed by atoms with Gasteiger partial charge >= 0.3 is 0 Å². The minimum absolute atomic E-state index is 0.0431. The highest BCUT2D eigenvalue weighted by molar-refractivity contribution is 5.97.